The number of aryl methyl sites for hydroxylation is 1. The van der Waals surface area contributed by atoms with Gasteiger partial charge in [-0.25, -0.2) is 23.6 Å². The first-order valence-corrected chi connectivity index (χ1v) is 8.02. The van der Waals surface area contributed by atoms with Gasteiger partial charge < -0.3 is 5.43 Å². The van der Waals surface area contributed by atoms with E-state index in [0.717, 1.165) is 6.07 Å². The molecule has 4 N–H and O–H groups in total. The van der Waals surface area contributed by atoms with E-state index in [1.807, 2.05) is 0 Å². The van der Waals surface area contributed by atoms with Crippen LogP contribution in [-0.2, 0) is 10.0 Å². The maximum Gasteiger partial charge on any atom is 0.262 e. The fourth-order valence-electron chi connectivity index (χ4n) is 1.62. The molecule has 0 spiro atoms. The second-order valence-corrected chi connectivity index (χ2v) is 6.74. The molecule has 0 bridgehead atoms. The molecular weight excluding hydrogens is 363 g/mol. The lowest BCUT2D eigenvalue weighted by molar-refractivity contribution is 0.600. The van der Waals surface area contributed by atoms with Crippen molar-refractivity contribution < 1.29 is 12.8 Å². The summed E-state index contributed by atoms with van der Waals surface area (Å²) in [6.07, 6.45) is 1.30. The number of hydrogen-bond acceptors (Lipinski definition) is 5. The standard InChI is InChI=1S/C12H12BrFN4O2S/c1-7-4-9(13)10(14)6-11(7)18-21(19,20)8-2-3-16-12(5-8)17-15/h2-6,18H,15H2,1H3,(H,16,17). The van der Waals surface area contributed by atoms with E-state index in [0.29, 0.717) is 5.56 Å². The van der Waals surface area contributed by atoms with Gasteiger partial charge in [-0.05, 0) is 46.6 Å². The van der Waals surface area contributed by atoms with Gasteiger partial charge in [0, 0.05) is 12.3 Å². The van der Waals surface area contributed by atoms with Gasteiger partial charge in [-0.1, -0.05) is 0 Å². The summed E-state index contributed by atoms with van der Waals surface area (Å²) in [6, 6.07) is 5.19. The van der Waals surface area contributed by atoms with Crippen LogP contribution in [0.15, 0.2) is 39.8 Å². The number of rotatable bonds is 4. The van der Waals surface area contributed by atoms with E-state index in [-0.39, 0.29) is 20.9 Å². The van der Waals surface area contributed by atoms with Crippen molar-refractivity contribution in [2.45, 2.75) is 11.8 Å². The first-order chi connectivity index (χ1) is 9.83. The quantitative estimate of drug-likeness (QED) is 0.563. The number of sulfonamides is 1. The zero-order valence-corrected chi connectivity index (χ0v) is 13.3. The number of nitrogen functional groups attached to an aromatic ring is 1. The topological polar surface area (TPSA) is 97.1 Å². The average Bonchev–Trinajstić information content (AvgIpc) is 2.44. The third kappa shape index (κ3) is 3.49. The summed E-state index contributed by atoms with van der Waals surface area (Å²) in [5.74, 6) is 4.84. The number of halogens is 2. The summed E-state index contributed by atoms with van der Waals surface area (Å²) in [6.45, 7) is 1.67. The lowest BCUT2D eigenvalue weighted by Gasteiger charge is -2.12. The molecule has 0 unspecified atom stereocenters. The Balaban J connectivity index is 2.39. The smallest absolute Gasteiger partial charge is 0.262 e. The first-order valence-electron chi connectivity index (χ1n) is 5.74. The van der Waals surface area contributed by atoms with Crippen molar-refractivity contribution in [3.8, 4) is 0 Å². The summed E-state index contributed by atoms with van der Waals surface area (Å²) in [7, 11) is -3.87. The van der Waals surface area contributed by atoms with Gasteiger partial charge in [0.1, 0.15) is 11.6 Å². The van der Waals surface area contributed by atoms with Crippen LogP contribution >= 0.6 is 15.9 Å². The highest BCUT2D eigenvalue weighted by molar-refractivity contribution is 9.10. The molecule has 21 heavy (non-hydrogen) atoms. The van der Waals surface area contributed by atoms with Crippen molar-refractivity contribution in [1.29, 1.82) is 0 Å². The minimum atomic E-state index is -3.87. The molecule has 0 aliphatic heterocycles. The molecule has 6 nitrogen and oxygen atoms in total. The maximum atomic E-state index is 13.5. The van der Waals surface area contributed by atoms with E-state index in [1.165, 1.54) is 24.4 Å². The Bertz CT molecular complexity index is 783. The molecule has 1 aromatic carbocycles. The molecule has 0 saturated carbocycles. The molecule has 0 aliphatic rings. The molecule has 0 atom stereocenters. The maximum absolute atomic E-state index is 13.5. The summed E-state index contributed by atoms with van der Waals surface area (Å²) >= 11 is 3.04. The molecule has 0 aliphatic carbocycles. The van der Waals surface area contributed by atoms with Gasteiger partial charge in [-0.2, -0.15) is 0 Å². The van der Waals surface area contributed by atoms with Gasteiger partial charge in [0.2, 0.25) is 0 Å². The number of anilines is 2. The van der Waals surface area contributed by atoms with Crippen LogP contribution in [0.5, 0.6) is 0 Å². The lowest BCUT2D eigenvalue weighted by Crippen LogP contribution is -2.15. The Morgan fingerprint density at radius 1 is 1.33 bits per heavy atom. The van der Waals surface area contributed by atoms with Crippen molar-refractivity contribution in [2.24, 2.45) is 5.84 Å². The summed E-state index contributed by atoms with van der Waals surface area (Å²) in [5.41, 5.74) is 3.01. The predicted molar refractivity (Wildman–Crippen MR) is 81.7 cm³/mol. The Morgan fingerprint density at radius 3 is 2.71 bits per heavy atom. The lowest BCUT2D eigenvalue weighted by atomic mass is 10.2. The summed E-state index contributed by atoms with van der Waals surface area (Å²) in [5, 5.41) is 0. The Kier molecular flexibility index (Phi) is 4.45. The summed E-state index contributed by atoms with van der Waals surface area (Å²) < 4.78 is 40.7. The van der Waals surface area contributed by atoms with Crippen LogP contribution in [0.4, 0.5) is 15.9 Å². The molecule has 0 saturated heterocycles. The largest absolute Gasteiger partial charge is 0.308 e. The van der Waals surface area contributed by atoms with Crippen LogP contribution in [0.25, 0.3) is 0 Å². The fraction of sp³-hybridized carbons (Fsp3) is 0.0833. The van der Waals surface area contributed by atoms with Crippen molar-refractivity contribution in [3.05, 3.63) is 46.3 Å². The minimum absolute atomic E-state index is 0.0341. The third-order valence-corrected chi connectivity index (χ3v) is 4.67. The molecule has 112 valence electrons. The normalized spacial score (nSPS) is 11.2. The van der Waals surface area contributed by atoms with Crippen LogP contribution in [0.1, 0.15) is 5.56 Å². The number of hydrazine groups is 1. The Hall–Kier alpha value is -1.71. The SMILES string of the molecule is Cc1cc(Br)c(F)cc1NS(=O)(=O)c1ccnc(NN)c1. The highest BCUT2D eigenvalue weighted by Crippen LogP contribution is 2.26. The first kappa shape index (κ1) is 15.7. The second kappa shape index (κ2) is 5.96. The summed E-state index contributed by atoms with van der Waals surface area (Å²) in [4.78, 5) is 3.79. The zero-order valence-electron chi connectivity index (χ0n) is 10.9. The molecule has 0 amide bonds. The van der Waals surface area contributed by atoms with Crippen molar-refractivity contribution in [2.75, 3.05) is 10.1 Å². The number of nitrogens with zero attached hydrogens (tertiary/aromatic N) is 1. The second-order valence-electron chi connectivity index (χ2n) is 4.21. The zero-order chi connectivity index (χ0) is 15.6. The number of hydrogen-bond donors (Lipinski definition) is 3. The van der Waals surface area contributed by atoms with Gasteiger partial charge in [0.25, 0.3) is 10.0 Å². The van der Waals surface area contributed by atoms with Crippen LogP contribution in [0, 0.1) is 12.7 Å². The number of nitrogens with one attached hydrogen (secondary N) is 2. The third-order valence-electron chi connectivity index (χ3n) is 2.70. The molecule has 0 fully saturated rings. The van der Waals surface area contributed by atoms with E-state index in [2.05, 4.69) is 31.1 Å². The number of benzene rings is 1. The Labute approximate surface area is 129 Å². The van der Waals surface area contributed by atoms with E-state index in [9.17, 15) is 12.8 Å². The van der Waals surface area contributed by atoms with Crippen molar-refractivity contribution >= 4 is 37.5 Å². The van der Waals surface area contributed by atoms with E-state index >= 15 is 0 Å². The molecular formula is C12H12BrFN4O2S. The van der Waals surface area contributed by atoms with Gasteiger partial charge in [0.15, 0.2) is 0 Å². The highest BCUT2D eigenvalue weighted by atomic mass is 79.9. The van der Waals surface area contributed by atoms with Crippen LogP contribution in [-0.4, -0.2) is 13.4 Å². The molecule has 2 rings (SSSR count). The van der Waals surface area contributed by atoms with Gasteiger partial charge in [0.05, 0.1) is 15.1 Å². The van der Waals surface area contributed by atoms with Crippen LogP contribution in [0.3, 0.4) is 0 Å². The van der Waals surface area contributed by atoms with E-state index < -0.39 is 15.8 Å². The van der Waals surface area contributed by atoms with Crippen molar-refractivity contribution in [3.63, 3.8) is 0 Å². The van der Waals surface area contributed by atoms with Gasteiger partial charge in [-0.3, -0.25) is 4.72 Å². The van der Waals surface area contributed by atoms with Gasteiger partial charge in [-0.15, -0.1) is 0 Å². The number of aromatic nitrogens is 1. The average molecular weight is 375 g/mol. The molecule has 0 radical (unpaired) electrons. The highest BCUT2D eigenvalue weighted by Gasteiger charge is 2.17. The van der Waals surface area contributed by atoms with E-state index in [1.54, 1.807) is 6.92 Å². The molecule has 9 heteroatoms. The van der Waals surface area contributed by atoms with E-state index in [4.69, 9.17) is 5.84 Å². The predicted octanol–water partition coefficient (Wildman–Crippen LogP) is 2.38. The van der Waals surface area contributed by atoms with Crippen molar-refractivity contribution in [1.82, 2.24) is 4.98 Å². The monoisotopic (exact) mass is 374 g/mol. The molecule has 2 aromatic rings. The number of pyridine rings is 1. The van der Waals surface area contributed by atoms with Gasteiger partial charge >= 0.3 is 0 Å². The molecule has 1 heterocycles. The number of nitrogens with two attached hydrogens (primary N) is 1. The van der Waals surface area contributed by atoms with Crippen LogP contribution < -0.4 is 16.0 Å². The Morgan fingerprint density at radius 2 is 2.05 bits per heavy atom. The minimum Gasteiger partial charge on any atom is -0.308 e. The van der Waals surface area contributed by atoms with Crippen LogP contribution in [0.2, 0.25) is 0 Å². The molecule has 1 aromatic heterocycles. The fourth-order valence-corrected chi connectivity index (χ4v) is 3.21.